The Morgan fingerprint density at radius 1 is 0.757 bits per heavy atom. The van der Waals surface area contributed by atoms with Gasteiger partial charge in [0.05, 0.1) is 6.61 Å². The Labute approximate surface area is 215 Å². The van der Waals surface area contributed by atoms with Gasteiger partial charge in [-0.15, -0.1) is 0 Å². The third-order valence-corrected chi connectivity index (χ3v) is 7.06. The Bertz CT molecular complexity index is 1630. The highest BCUT2D eigenvalue weighted by atomic mass is 16.5. The van der Waals surface area contributed by atoms with Gasteiger partial charge in [-0.2, -0.15) is 0 Å². The van der Waals surface area contributed by atoms with Crippen molar-refractivity contribution < 1.29 is 19.7 Å². The van der Waals surface area contributed by atoms with Crippen LogP contribution in [-0.4, -0.2) is 22.6 Å². The summed E-state index contributed by atoms with van der Waals surface area (Å²) in [6.45, 7) is 2.70. The standard InChI is InChI=1S/C33H26O4/c1-2-17-37-26-12-5-21(6-13-26)33(36)23-8-14-28-29-15-7-22-18-25(35)11-16-27(22)32(29)31(30(28)19-23)20-3-9-24(34)10-4-20/h3-16,18-19,31,34-35H,2,17H2,1H3. The topological polar surface area (TPSA) is 66.8 Å². The molecule has 4 nitrogen and oxygen atoms in total. The lowest BCUT2D eigenvalue weighted by Crippen LogP contribution is -2.05. The molecule has 0 amide bonds. The molecule has 0 aromatic heterocycles. The molecule has 1 atom stereocenters. The molecule has 0 bridgehead atoms. The predicted molar refractivity (Wildman–Crippen MR) is 146 cm³/mol. The monoisotopic (exact) mass is 486 g/mol. The van der Waals surface area contributed by atoms with Crippen molar-refractivity contribution in [1.82, 2.24) is 0 Å². The van der Waals surface area contributed by atoms with E-state index in [0.717, 1.165) is 50.8 Å². The van der Waals surface area contributed by atoms with Gasteiger partial charge < -0.3 is 14.9 Å². The maximum atomic E-state index is 13.5. The fourth-order valence-corrected chi connectivity index (χ4v) is 5.33. The number of phenolic OH excluding ortho intramolecular Hbond substituents is 2. The van der Waals surface area contributed by atoms with Crippen LogP contribution in [0.5, 0.6) is 17.2 Å². The second-order valence-electron chi connectivity index (χ2n) is 9.46. The van der Waals surface area contributed by atoms with Gasteiger partial charge in [-0.3, -0.25) is 4.79 Å². The number of carbonyl (C=O) groups excluding carboxylic acids is 1. The van der Waals surface area contributed by atoms with E-state index in [1.807, 2.05) is 66.7 Å². The number of phenols is 2. The van der Waals surface area contributed by atoms with Gasteiger partial charge in [0.1, 0.15) is 17.2 Å². The van der Waals surface area contributed by atoms with E-state index in [1.54, 1.807) is 24.3 Å². The number of ketones is 1. The zero-order valence-corrected chi connectivity index (χ0v) is 20.4. The molecule has 0 aliphatic heterocycles. The molecule has 0 spiro atoms. The summed E-state index contributed by atoms with van der Waals surface area (Å²) in [6.07, 6.45) is 0.927. The maximum Gasteiger partial charge on any atom is 0.193 e. The number of aromatic hydroxyl groups is 2. The van der Waals surface area contributed by atoms with E-state index in [1.165, 1.54) is 0 Å². The average molecular weight is 487 g/mol. The van der Waals surface area contributed by atoms with Crippen LogP contribution in [0.25, 0.3) is 21.9 Å². The molecule has 2 N–H and O–H groups in total. The van der Waals surface area contributed by atoms with Gasteiger partial charge in [0, 0.05) is 17.0 Å². The Morgan fingerprint density at radius 2 is 1.46 bits per heavy atom. The SMILES string of the molecule is CCCOc1ccc(C(=O)c2ccc3c(c2)C(c2ccc(O)cc2)c2c-3ccc3cc(O)ccc23)cc1. The minimum Gasteiger partial charge on any atom is -0.508 e. The second-order valence-corrected chi connectivity index (χ2v) is 9.46. The summed E-state index contributed by atoms with van der Waals surface area (Å²) < 4.78 is 5.66. The van der Waals surface area contributed by atoms with E-state index in [0.29, 0.717) is 17.7 Å². The molecule has 1 unspecified atom stereocenters. The first-order valence-corrected chi connectivity index (χ1v) is 12.5. The first-order chi connectivity index (χ1) is 18.0. The van der Waals surface area contributed by atoms with E-state index in [2.05, 4.69) is 13.0 Å². The molecular formula is C33H26O4. The van der Waals surface area contributed by atoms with Crippen LogP contribution >= 0.6 is 0 Å². The molecule has 182 valence electrons. The third kappa shape index (κ3) is 4.01. The Kier molecular flexibility index (Phi) is 5.65. The summed E-state index contributed by atoms with van der Waals surface area (Å²) in [4.78, 5) is 13.5. The van der Waals surface area contributed by atoms with Crippen molar-refractivity contribution in [1.29, 1.82) is 0 Å². The molecule has 4 heteroatoms. The van der Waals surface area contributed by atoms with E-state index < -0.39 is 0 Å². The number of rotatable bonds is 6. The van der Waals surface area contributed by atoms with Crippen LogP contribution in [0.3, 0.4) is 0 Å². The quantitative estimate of drug-likeness (QED) is 0.240. The molecule has 1 aliphatic rings. The largest absolute Gasteiger partial charge is 0.508 e. The molecule has 0 radical (unpaired) electrons. The van der Waals surface area contributed by atoms with E-state index in [9.17, 15) is 15.0 Å². The van der Waals surface area contributed by atoms with Gasteiger partial charge in [-0.25, -0.2) is 0 Å². The summed E-state index contributed by atoms with van der Waals surface area (Å²) in [6, 6.07) is 30.0. The van der Waals surface area contributed by atoms with Crippen LogP contribution in [-0.2, 0) is 0 Å². The van der Waals surface area contributed by atoms with Gasteiger partial charge in [-0.05, 0) is 99.6 Å². The first-order valence-electron chi connectivity index (χ1n) is 12.5. The van der Waals surface area contributed by atoms with Crippen molar-refractivity contribution in [3.8, 4) is 28.4 Å². The Hall–Kier alpha value is -4.57. The van der Waals surface area contributed by atoms with Crippen molar-refractivity contribution in [2.24, 2.45) is 0 Å². The van der Waals surface area contributed by atoms with E-state index >= 15 is 0 Å². The van der Waals surface area contributed by atoms with Gasteiger partial charge >= 0.3 is 0 Å². The van der Waals surface area contributed by atoms with Crippen LogP contribution in [0.2, 0.25) is 0 Å². The fraction of sp³-hybridized carbons (Fsp3) is 0.121. The lowest BCUT2D eigenvalue weighted by atomic mass is 9.86. The summed E-state index contributed by atoms with van der Waals surface area (Å²) in [5, 5.41) is 22.0. The second kappa shape index (κ2) is 9.14. The van der Waals surface area contributed by atoms with Crippen molar-refractivity contribution >= 4 is 16.6 Å². The number of carbonyl (C=O) groups is 1. The number of hydrogen-bond donors (Lipinski definition) is 2. The third-order valence-electron chi connectivity index (χ3n) is 7.06. The highest BCUT2D eigenvalue weighted by Crippen LogP contribution is 2.51. The lowest BCUT2D eigenvalue weighted by molar-refractivity contribution is 0.103. The van der Waals surface area contributed by atoms with Crippen LogP contribution in [0, 0.1) is 0 Å². The lowest BCUT2D eigenvalue weighted by Gasteiger charge is -2.17. The molecule has 5 aromatic carbocycles. The summed E-state index contributed by atoms with van der Waals surface area (Å²) in [5.74, 6) is 1.04. The minimum atomic E-state index is -0.114. The summed E-state index contributed by atoms with van der Waals surface area (Å²) in [5.41, 5.74) is 6.65. The molecule has 5 aromatic rings. The van der Waals surface area contributed by atoms with Crippen LogP contribution < -0.4 is 4.74 Å². The molecule has 0 saturated carbocycles. The molecular weight excluding hydrogens is 460 g/mol. The molecule has 0 fully saturated rings. The molecule has 1 aliphatic carbocycles. The van der Waals surface area contributed by atoms with Crippen LogP contribution in [0.4, 0.5) is 0 Å². The zero-order chi connectivity index (χ0) is 25.5. The summed E-state index contributed by atoms with van der Waals surface area (Å²) >= 11 is 0. The number of benzene rings is 5. The minimum absolute atomic E-state index is 0.0416. The van der Waals surface area contributed by atoms with E-state index in [4.69, 9.17) is 4.74 Å². The number of fused-ring (bicyclic) bond motifs is 5. The van der Waals surface area contributed by atoms with Gasteiger partial charge in [0.2, 0.25) is 0 Å². The maximum absolute atomic E-state index is 13.5. The Balaban J connectivity index is 1.47. The molecule has 0 heterocycles. The van der Waals surface area contributed by atoms with Crippen molar-refractivity contribution in [3.05, 3.63) is 125 Å². The van der Waals surface area contributed by atoms with Crippen molar-refractivity contribution in [2.75, 3.05) is 6.61 Å². The smallest absolute Gasteiger partial charge is 0.193 e. The van der Waals surface area contributed by atoms with Gasteiger partial charge in [0.15, 0.2) is 5.78 Å². The van der Waals surface area contributed by atoms with Gasteiger partial charge in [0.25, 0.3) is 0 Å². The molecule has 6 rings (SSSR count). The fourth-order valence-electron chi connectivity index (χ4n) is 5.33. The highest BCUT2D eigenvalue weighted by Gasteiger charge is 2.32. The molecule has 0 saturated heterocycles. The predicted octanol–water partition coefficient (Wildman–Crippen LogP) is 7.43. The number of ether oxygens (including phenoxy) is 1. The highest BCUT2D eigenvalue weighted by molar-refractivity contribution is 6.10. The zero-order valence-electron chi connectivity index (χ0n) is 20.4. The average Bonchev–Trinajstić information content (AvgIpc) is 3.26. The van der Waals surface area contributed by atoms with Gasteiger partial charge in [-0.1, -0.05) is 49.4 Å². The van der Waals surface area contributed by atoms with Crippen molar-refractivity contribution in [3.63, 3.8) is 0 Å². The first kappa shape index (κ1) is 22.9. The number of hydrogen-bond acceptors (Lipinski definition) is 4. The normalized spacial score (nSPS) is 13.8. The summed E-state index contributed by atoms with van der Waals surface area (Å²) in [7, 11) is 0. The van der Waals surface area contributed by atoms with Crippen molar-refractivity contribution in [2.45, 2.75) is 19.3 Å². The van der Waals surface area contributed by atoms with Crippen LogP contribution in [0.15, 0.2) is 97.1 Å². The van der Waals surface area contributed by atoms with Crippen LogP contribution in [0.1, 0.15) is 51.9 Å². The Morgan fingerprint density at radius 3 is 2.22 bits per heavy atom. The molecule has 37 heavy (non-hydrogen) atoms. The van der Waals surface area contributed by atoms with E-state index in [-0.39, 0.29) is 23.2 Å².